The van der Waals surface area contributed by atoms with E-state index in [1.165, 1.54) is 0 Å². The Balaban J connectivity index is 1.24. The molecule has 3 atom stereocenters. The summed E-state index contributed by atoms with van der Waals surface area (Å²) in [6.07, 6.45) is -1.05. The van der Waals surface area contributed by atoms with E-state index >= 15 is 0 Å². The molecular weight excluding hydrogens is 436 g/mol. The van der Waals surface area contributed by atoms with Gasteiger partial charge in [-0.25, -0.2) is 4.79 Å². The number of hydrogen-bond acceptors (Lipinski definition) is 5. The van der Waals surface area contributed by atoms with E-state index in [4.69, 9.17) is 9.84 Å². The smallest absolute Gasteiger partial charge is 0.407 e. The molecule has 1 unspecified atom stereocenters. The molecule has 2 amide bonds. The summed E-state index contributed by atoms with van der Waals surface area (Å²) in [7, 11) is 0. The van der Waals surface area contributed by atoms with Crippen LogP contribution >= 0.6 is 0 Å². The lowest BCUT2D eigenvalue weighted by molar-refractivity contribution is -0.148. The van der Waals surface area contributed by atoms with Gasteiger partial charge >= 0.3 is 12.1 Å². The standard InChI is InChI=1S/C26H30N2O6/c1-16-12-17(25(31)32)10-11-28(16)24(30)13-18(29)14-27-26(33)34-15-23-21-8-4-2-6-19(21)20-7-3-5-9-22(20)23/h2-9,16-18,23,29H,10-15H2,1H3,(H,27,33)(H,31,32)/t16-,17-,18?/m0/s1. The van der Waals surface area contributed by atoms with Gasteiger partial charge in [0.1, 0.15) is 6.61 Å². The molecular formula is C26H30N2O6. The van der Waals surface area contributed by atoms with Crippen LogP contribution in [0, 0.1) is 5.92 Å². The summed E-state index contributed by atoms with van der Waals surface area (Å²) in [5.41, 5.74) is 4.51. The number of ether oxygens (including phenoxy) is 1. The van der Waals surface area contributed by atoms with Crippen LogP contribution in [0.3, 0.4) is 0 Å². The van der Waals surface area contributed by atoms with E-state index < -0.39 is 24.1 Å². The maximum atomic E-state index is 12.5. The van der Waals surface area contributed by atoms with Gasteiger partial charge in [0, 0.05) is 25.0 Å². The van der Waals surface area contributed by atoms with Crippen molar-refractivity contribution in [3.8, 4) is 11.1 Å². The van der Waals surface area contributed by atoms with Crippen molar-refractivity contribution < 1.29 is 29.3 Å². The fraction of sp³-hybridized carbons (Fsp3) is 0.423. The summed E-state index contributed by atoms with van der Waals surface area (Å²) in [5.74, 6) is -1.59. The number of hydrogen-bond donors (Lipinski definition) is 3. The van der Waals surface area contributed by atoms with Crippen LogP contribution in [0.1, 0.15) is 43.2 Å². The van der Waals surface area contributed by atoms with Crippen molar-refractivity contribution in [1.82, 2.24) is 10.2 Å². The second-order valence-corrected chi connectivity index (χ2v) is 9.06. The van der Waals surface area contributed by atoms with Gasteiger partial charge in [0.2, 0.25) is 5.91 Å². The molecule has 3 N–H and O–H groups in total. The Bertz CT molecular complexity index is 1030. The van der Waals surface area contributed by atoms with Gasteiger partial charge < -0.3 is 25.2 Å². The molecule has 1 heterocycles. The highest BCUT2D eigenvalue weighted by atomic mass is 16.5. The minimum absolute atomic E-state index is 0.0557. The Morgan fingerprint density at radius 3 is 2.29 bits per heavy atom. The zero-order valence-corrected chi connectivity index (χ0v) is 19.1. The third kappa shape index (κ3) is 5.07. The molecule has 0 spiro atoms. The van der Waals surface area contributed by atoms with E-state index in [0.717, 1.165) is 22.3 Å². The number of amides is 2. The first-order valence-corrected chi connectivity index (χ1v) is 11.6. The second-order valence-electron chi connectivity index (χ2n) is 9.06. The summed E-state index contributed by atoms with van der Waals surface area (Å²) in [5, 5.41) is 22.0. The topological polar surface area (TPSA) is 116 Å². The van der Waals surface area contributed by atoms with Gasteiger partial charge in [-0.1, -0.05) is 48.5 Å². The highest BCUT2D eigenvalue weighted by Crippen LogP contribution is 2.44. The van der Waals surface area contributed by atoms with E-state index in [9.17, 15) is 19.5 Å². The maximum absolute atomic E-state index is 12.5. The van der Waals surface area contributed by atoms with Crippen molar-refractivity contribution >= 4 is 18.0 Å². The molecule has 4 rings (SSSR count). The zero-order valence-electron chi connectivity index (χ0n) is 19.1. The number of carboxylic acid groups (broad SMARTS) is 1. The number of nitrogens with one attached hydrogen (secondary N) is 1. The van der Waals surface area contributed by atoms with E-state index in [1.807, 2.05) is 43.3 Å². The van der Waals surface area contributed by atoms with Crippen LogP contribution in [0.2, 0.25) is 0 Å². The molecule has 0 radical (unpaired) electrons. The lowest BCUT2D eigenvalue weighted by Gasteiger charge is -2.36. The molecule has 2 aromatic rings. The number of nitrogens with zero attached hydrogens (tertiary/aromatic N) is 1. The van der Waals surface area contributed by atoms with Gasteiger partial charge in [0.05, 0.1) is 18.4 Å². The Hall–Kier alpha value is -3.39. The Morgan fingerprint density at radius 1 is 1.09 bits per heavy atom. The number of rotatable bonds is 7. The molecule has 0 aromatic heterocycles. The lowest BCUT2D eigenvalue weighted by Crippen LogP contribution is -2.47. The predicted octanol–water partition coefficient (Wildman–Crippen LogP) is 2.99. The van der Waals surface area contributed by atoms with Crippen LogP contribution in [-0.2, 0) is 14.3 Å². The van der Waals surface area contributed by atoms with Crippen molar-refractivity contribution in [3.63, 3.8) is 0 Å². The summed E-state index contributed by atoms with van der Waals surface area (Å²) in [4.78, 5) is 37.6. The molecule has 8 heteroatoms. The molecule has 1 aliphatic carbocycles. The third-order valence-corrected chi connectivity index (χ3v) is 6.78. The fourth-order valence-corrected chi connectivity index (χ4v) is 5.01. The average molecular weight is 467 g/mol. The molecule has 2 aliphatic rings. The predicted molar refractivity (Wildman–Crippen MR) is 125 cm³/mol. The van der Waals surface area contributed by atoms with Crippen molar-refractivity contribution in [3.05, 3.63) is 59.7 Å². The van der Waals surface area contributed by atoms with Gasteiger partial charge in [-0.3, -0.25) is 9.59 Å². The van der Waals surface area contributed by atoms with Gasteiger partial charge in [0.25, 0.3) is 0 Å². The molecule has 8 nitrogen and oxygen atoms in total. The minimum atomic E-state index is -1.06. The number of carbonyl (C=O) groups is 3. The first-order valence-electron chi connectivity index (χ1n) is 11.6. The zero-order chi connectivity index (χ0) is 24.2. The van der Waals surface area contributed by atoms with Crippen molar-refractivity contribution in [2.45, 2.75) is 44.2 Å². The first-order chi connectivity index (χ1) is 16.3. The van der Waals surface area contributed by atoms with Crippen LogP contribution in [0.25, 0.3) is 11.1 Å². The van der Waals surface area contributed by atoms with Crippen LogP contribution in [0.15, 0.2) is 48.5 Å². The number of aliphatic hydroxyl groups excluding tert-OH is 1. The van der Waals surface area contributed by atoms with Gasteiger partial charge in [-0.15, -0.1) is 0 Å². The Morgan fingerprint density at radius 2 is 1.71 bits per heavy atom. The number of aliphatic carboxylic acids is 1. The molecule has 180 valence electrons. The molecule has 1 fully saturated rings. The van der Waals surface area contributed by atoms with E-state index in [2.05, 4.69) is 17.4 Å². The number of carbonyl (C=O) groups excluding carboxylic acids is 2. The molecule has 1 aliphatic heterocycles. The molecule has 34 heavy (non-hydrogen) atoms. The number of likely N-dealkylation sites (tertiary alicyclic amines) is 1. The number of alkyl carbamates (subject to hydrolysis) is 1. The van der Waals surface area contributed by atoms with Crippen molar-refractivity contribution in [2.75, 3.05) is 19.7 Å². The molecule has 0 saturated carbocycles. The first kappa shape index (κ1) is 23.8. The van der Waals surface area contributed by atoms with Gasteiger partial charge in [-0.2, -0.15) is 0 Å². The van der Waals surface area contributed by atoms with Crippen LogP contribution in [0.5, 0.6) is 0 Å². The SMILES string of the molecule is C[C@H]1C[C@@H](C(=O)O)CCN1C(=O)CC(O)CNC(=O)OCC1c2ccccc2-c2ccccc21. The van der Waals surface area contributed by atoms with E-state index in [0.29, 0.717) is 19.4 Å². The van der Waals surface area contributed by atoms with E-state index in [-0.39, 0.29) is 37.4 Å². The molecule has 2 aromatic carbocycles. The van der Waals surface area contributed by atoms with Crippen molar-refractivity contribution in [1.29, 1.82) is 0 Å². The lowest BCUT2D eigenvalue weighted by atomic mass is 9.91. The number of piperidine rings is 1. The largest absolute Gasteiger partial charge is 0.481 e. The fourth-order valence-electron chi connectivity index (χ4n) is 5.01. The van der Waals surface area contributed by atoms with Gasteiger partial charge in [0.15, 0.2) is 0 Å². The quantitative estimate of drug-likeness (QED) is 0.578. The average Bonchev–Trinajstić information content (AvgIpc) is 3.15. The molecule has 1 saturated heterocycles. The summed E-state index contributed by atoms with van der Waals surface area (Å²) < 4.78 is 5.45. The minimum Gasteiger partial charge on any atom is -0.481 e. The Labute approximate surface area is 198 Å². The number of aliphatic hydroxyl groups is 1. The Kier molecular flexibility index (Phi) is 7.17. The second kappa shape index (κ2) is 10.3. The number of fused-ring (bicyclic) bond motifs is 3. The normalized spacial score (nSPS) is 20.2. The monoisotopic (exact) mass is 466 g/mol. The van der Waals surface area contributed by atoms with Crippen LogP contribution in [0.4, 0.5) is 4.79 Å². The maximum Gasteiger partial charge on any atom is 0.407 e. The summed E-state index contributed by atoms with van der Waals surface area (Å²) in [6.45, 7) is 2.23. The highest BCUT2D eigenvalue weighted by molar-refractivity contribution is 5.79. The van der Waals surface area contributed by atoms with Gasteiger partial charge in [-0.05, 0) is 42.0 Å². The van der Waals surface area contributed by atoms with Crippen LogP contribution in [-0.4, -0.2) is 64.9 Å². The number of carboxylic acids is 1. The molecule has 0 bridgehead atoms. The summed E-state index contributed by atoms with van der Waals surface area (Å²) >= 11 is 0. The number of benzene rings is 2. The summed E-state index contributed by atoms with van der Waals surface area (Å²) in [6, 6.07) is 15.9. The van der Waals surface area contributed by atoms with E-state index in [1.54, 1.807) is 4.90 Å². The highest BCUT2D eigenvalue weighted by Gasteiger charge is 2.33. The van der Waals surface area contributed by atoms with Crippen LogP contribution < -0.4 is 5.32 Å². The van der Waals surface area contributed by atoms with Crippen molar-refractivity contribution in [2.24, 2.45) is 5.92 Å². The third-order valence-electron chi connectivity index (χ3n) is 6.78.